The number of nitrogens with one attached hydrogen (secondary N) is 2. The van der Waals surface area contributed by atoms with Gasteiger partial charge in [-0.2, -0.15) is 0 Å². The molecule has 1 heterocycles. The molecule has 1 amide bonds. The molecule has 0 aromatic heterocycles. The molecular formula is C13H16Cl2N2O2. The first-order valence-electron chi connectivity index (χ1n) is 6.22. The summed E-state index contributed by atoms with van der Waals surface area (Å²) in [5.41, 5.74) is 0.591. The van der Waals surface area contributed by atoms with E-state index >= 15 is 0 Å². The third-order valence-corrected chi connectivity index (χ3v) is 3.60. The van der Waals surface area contributed by atoms with E-state index in [9.17, 15) is 4.79 Å². The number of hydrogen-bond acceptors (Lipinski definition) is 3. The lowest BCUT2D eigenvalue weighted by atomic mass is 10.1. The Morgan fingerprint density at radius 1 is 1.26 bits per heavy atom. The summed E-state index contributed by atoms with van der Waals surface area (Å²) in [6.07, 6.45) is 1.72. The maximum absolute atomic E-state index is 11.8. The van der Waals surface area contributed by atoms with Crippen LogP contribution in [0.25, 0.3) is 0 Å². The molecule has 1 aliphatic rings. The highest BCUT2D eigenvalue weighted by atomic mass is 35.5. The third-order valence-electron chi connectivity index (χ3n) is 2.97. The van der Waals surface area contributed by atoms with E-state index in [1.54, 1.807) is 18.2 Å². The van der Waals surface area contributed by atoms with Gasteiger partial charge in [0.2, 0.25) is 5.91 Å². The van der Waals surface area contributed by atoms with Crippen molar-refractivity contribution in [1.29, 1.82) is 0 Å². The first-order valence-corrected chi connectivity index (χ1v) is 6.97. The second-order valence-corrected chi connectivity index (χ2v) is 5.22. The van der Waals surface area contributed by atoms with Gasteiger partial charge in [0.1, 0.15) is 0 Å². The quantitative estimate of drug-likeness (QED) is 0.899. The van der Waals surface area contributed by atoms with Crippen LogP contribution in [0, 0.1) is 0 Å². The van der Waals surface area contributed by atoms with Crippen LogP contribution < -0.4 is 10.6 Å². The van der Waals surface area contributed by atoms with Gasteiger partial charge in [-0.15, -0.1) is 0 Å². The minimum atomic E-state index is -0.0668. The summed E-state index contributed by atoms with van der Waals surface area (Å²) in [5.74, 6) is -0.0668. The number of carbonyl (C=O) groups is 1. The molecule has 1 fully saturated rings. The number of rotatable bonds is 4. The van der Waals surface area contributed by atoms with E-state index in [4.69, 9.17) is 27.9 Å². The Balaban J connectivity index is 1.83. The van der Waals surface area contributed by atoms with Crippen molar-refractivity contribution in [3.8, 4) is 0 Å². The first kappa shape index (κ1) is 14.4. The van der Waals surface area contributed by atoms with Crippen LogP contribution in [0.5, 0.6) is 0 Å². The largest absolute Gasteiger partial charge is 0.381 e. The lowest BCUT2D eigenvalue weighted by Gasteiger charge is -2.23. The van der Waals surface area contributed by atoms with E-state index in [1.807, 2.05) is 0 Å². The fourth-order valence-electron chi connectivity index (χ4n) is 1.96. The van der Waals surface area contributed by atoms with Crippen LogP contribution >= 0.6 is 23.2 Å². The summed E-state index contributed by atoms with van der Waals surface area (Å²) < 4.78 is 5.24. The number of anilines is 1. The van der Waals surface area contributed by atoms with Crippen molar-refractivity contribution in [2.45, 2.75) is 18.9 Å². The normalized spacial score (nSPS) is 16.1. The molecule has 0 atom stereocenters. The van der Waals surface area contributed by atoms with Crippen molar-refractivity contribution in [1.82, 2.24) is 5.32 Å². The van der Waals surface area contributed by atoms with E-state index in [0.29, 0.717) is 28.9 Å². The Morgan fingerprint density at radius 2 is 1.89 bits per heavy atom. The van der Waals surface area contributed by atoms with Crippen molar-refractivity contribution in [3.63, 3.8) is 0 Å². The van der Waals surface area contributed by atoms with Gasteiger partial charge in [-0.05, 0) is 25.0 Å². The smallest absolute Gasteiger partial charge is 0.239 e. The van der Waals surface area contributed by atoms with E-state index in [2.05, 4.69) is 10.6 Å². The number of amides is 1. The average Bonchev–Trinajstić information content (AvgIpc) is 2.39. The number of halogens is 2. The predicted octanol–water partition coefficient (Wildman–Crippen LogP) is 2.70. The number of carbonyl (C=O) groups excluding carboxylic acids is 1. The second kappa shape index (κ2) is 6.98. The molecular weight excluding hydrogens is 287 g/mol. The SMILES string of the molecule is O=C(CNc1c(Cl)cccc1Cl)NC1CCOCC1. The Kier molecular flexibility index (Phi) is 5.31. The zero-order valence-corrected chi connectivity index (χ0v) is 11.9. The molecule has 2 rings (SSSR count). The van der Waals surface area contributed by atoms with Crippen molar-refractivity contribution < 1.29 is 9.53 Å². The highest BCUT2D eigenvalue weighted by Gasteiger charge is 2.16. The van der Waals surface area contributed by atoms with Crippen molar-refractivity contribution in [3.05, 3.63) is 28.2 Å². The van der Waals surface area contributed by atoms with Gasteiger partial charge in [-0.1, -0.05) is 29.3 Å². The maximum Gasteiger partial charge on any atom is 0.239 e. The molecule has 0 radical (unpaired) electrons. The zero-order chi connectivity index (χ0) is 13.7. The van der Waals surface area contributed by atoms with E-state index in [0.717, 1.165) is 12.8 Å². The minimum absolute atomic E-state index is 0.0668. The van der Waals surface area contributed by atoms with Crippen LogP contribution in [-0.4, -0.2) is 31.7 Å². The average molecular weight is 303 g/mol. The van der Waals surface area contributed by atoms with E-state index in [1.165, 1.54) is 0 Å². The Hall–Kier alpha value is -0.970. The Labute approximate surface area is 122 Å². The van der Waals surface area contributed by atoms with Crippen LogP contribution in [0.1, 0.15) is 12.8 Å². The van der Waals surface area contributed by atoms with Gasteiger partial charge in [0.05, 0.1) is 22.3 Å². The molecule has 1 aromatic rings. The van der Waals surface area contributed by atoms with Crippen LogP contribution in [-0.2, 0) is 9.53 Å². The second-order valence-electron chi connectivity index (χ2n) is 4.40. The molecule has 0 saturated carbocycles. The van der Waals surface area contributed by atoms with Gasteiger partial charge in [0.15, 0.2) is 0 Å². The van der Waals surface area contributed by atoms with Gasteiger partial charge in [0, 0.05) is 19.3 Å². The highest BCUT2D eigenvalue weighted by Crippen LogP contribution is 2.29. The monoisotopic (exact) mass is 302 g/mol. The van der Waals surface area contributed by atoms with Crippen LogP contribution in [0.2, 0.25) is 10.0 Å². The van der Waals surface area contributed by atoms with Crippen molar-refractivity contribution >= 4 is 34.8 Å². The lowest BCUT2D eigenvalue weighted by Crippen LogP contribution is -2.41. The summed E-state index contributed by atoms with van der Waals surface area (Å²) >= 11 is 12.0. The molecule has 0 bridgehead atoms. The number of hydrogen-bond donors (Lipinski definition) is 2. The number of benzene rings is 1. The van der Waals surface area contributed by atoms with E-state index < -0.39 is 0 Å². The number of ether oxygens (including phenoxy) is 1. The summed E-state index contributed by atoms with van der Waals surface area (Å²) in [4.78, 5) is 11.8. The lowest BCUT2D eigenvalue weighted by molar-refractivity contribution is -0.120. The third kappa shape index (κ3) is 4.27. The summed E-state index contributed by atoms with van der Waals surface area (Å²) in [7, 11) is 0. The zero-order valence-electron chi connectivity index (χ0n) is 10.4. The number of para-hydroxylation sites is 1. The summed E-state index contributed by atoms with van der Waals surface area (Å²) in [6.45, 7) is 1.56. The Bertz CT molecular complexity index is 428. The van der Waals surface area contributed by atoms with Gasteiger partial charge in [0.25, 0.3) is 0 Å². The molecule has 0 unspecified atom stereocenters. The molecule has 19 heavy (non-hydrogen) atoms. The first-order chi connectivity index (χ1) is 9.16. The Morgan fingerprint density at radius 3 is 2.53 bits per heavy atom. The molecule has 0 aliphatic carbocycles. The molecule has 6 heteroatoms. The standard InChI is InChI=1S/C13H16Cl2N2O2/c14-10-2-1-3-11(15)13(10)16-8-12(18)17-9-4-6-19-7-5-9/h1-3,9,16H,4-8H2,(H,17,18). The van der Waals surface area contributed by atoms with Crippen LogP contribution in [0.15, 0.2) is 18.2 Å². The predicted molar refractivity (Wildman–Crippen MR) is 76.9 cm³/mol. The molecule has 2 N–H and O–H groups in total. The topological polar surface area (TPSA) is 50.4 Å². The summed E-state index contributed by atoms with van der Waals surface area (Å²) in [6, 6.07) is 5.42. The highest BCUT2D eigenvalue weighted by molar-refractivity contribution is 6.39. The van der Waals surface area contributed by atoms with Gasteiger partial charge in [-0.25, -0.2) is 0 Å². The van der Waals surface area contributed by atoms with Gasteiger partial charge >= 0.3 is 0 Å². The molecule has 104 valence electrons. The van der Waals surface area contributed by atoms with Crippen LogP contribution in [0.4, 0.5) is 5.69 Å². The molecule has 0 spiro atoms. The summed E-state index contributed by atoms with van der Waals surface area (Å²) in [5, 5.41) is 6.94. The van der Waals surface area contributed by atoms with Gasteiger partial charge in [-0.3, -0.25) is 4.79 Å². The molecule has 4 nitrogen and oxygen atoms in total. The van der Waals surface area contributed by atoms with E-state index in [-0.39, 0.29) is 18.5 Å². The molecule has 1 aliphatic heterocycles. The molecule has 1 saturated heterocycles. The van der Waals surface area contributed by atoms with Crippen molar-refractivity contribution in [2.24, 2.45) is 0 Å². The fraction of sp³-hybridized carbons (Fsp3) is 0.462. The van der Waals surface area contributed by atoms with Crippen LogP contribution in [0.3, 0.4) is 0 Å². The maximum atomic E-state index is 11.8. The minimum Gasteiger partial charge on any atom is -0.381 e. The molecule has 1 aromatic carbocycles. The van der Waals surface area contributed by atoms with Crippen molar-refractivity contribution in [2.75, 3.05) is 25.1 Å². The fourth-order valence-corrected chi connectivity index (χ4v) is 2.49. The van der Waals surface area contributed by atoms with Gasteiger partial charge < -0.3 is 15.4 Å².